The molecule has 310 valence electrons. The lowest BCUT2D eigenvalue weighted by atomic mass is 9.92. The Morgan fingerprint density at radius 2 is 1.61 bits per heavy atom. The first kappa shape index (κ1) is 38.8. The predicted molar refractivity (Wildman–Crippen MR) is 229 cm³/mol. The van der Waals surface area contributed by atoms with E-state index in [1.54, 1.807) is 38.2 Å². The summed E-state index contributed by atoms with van der Waals surface area (Å²) in [5, 5.41) is 8.80. The molecule has 0 bridgehead atoms. The topological polar surface area (TPSA) is 135 Å². The largest absolute Gasteiger partial charge is 0.496 e. The Labute approximate surface area is 343 Å². The van der Waals surface area contributed by atoms with E-state index in [9.17, 15) is 14.4 Å². The third-order valence-electron chi connectivity index (χ3n) is 13.0. The summed E-state index contributed by atoms with van der Waals surface area (Å²) in [5.74, 6) is 2.91. The van der Waals surface area contributed by atoms with Gasteiger partial charge in [0.15, 0.2) is 5.65 Å². The van der Waals surface area contributed by atoms with Gasteiger partial charge in [0, 0.05) is 99.9 Å². The lowest BCUT2D eigenvalue weighted by Crippen LogP contribution is -2.47. The Morgan fingerprint density at radius 3 is 2.29 bits per heavy atom. The molecule has 9 rings (SSSR count). The molecule has 0 spiro atoms. The Hall–Kier alpha value is -5.67. The zero-order valence-corrected chi connectivity index (χ0v) is 34.4. The molecule has 4 saturated heterocycles. The monoisotopic (exact) mass is 802 g/mol. The van der Waals surface area contributed by atoms with Crippen molar-refractivity contribution < 1.29 is 14.3 Å². The molecule has 1 aromatic carbocycles. The highest BCUT2D eigenvalue weighted by Crippen LogP contribution is 2.39. The molecular formula is C44H54N10O5. The minimum Gasteiger partial charge on any atom is -0.496 e. The summed E-state index contributed by atoms with van der Waals surface area (Å²) in [7, 11) is 5.22. The maximum atomic E-state index is 13.1. The molecule has 59 heavy (non-hydrogen) atoms. The Balaban J connectivity index is 0.795. The number of nitrogens with zero attached hydrogens (tertiary/aromatic N) is 9. The van der Waals surface area contributed by atoms with Gasteiger partial charge >= 0.3 is 5.69 Å². The molecule has 5 aromatic rings. The number of carbonyl (C=O) groups excluding carboxylic acids is 1. The summed E-state index contributed by atoms with van der Waals surface area (Å²) in [6.45, 7) is 13.5. The smallest absolute Gasteiger partial charge is 0.351 e. The van der Waals surface area contributed by atoms with Crippen LogP contribution in [0.25, 0.3) is 27.5 Å². The normalized spacial score (nSPS) is 19.7. The number of rotatable bonds is 11. The lowest BCUT2D eigenvalue weighted by molar-refractivity contribution is -0.125. The van der Waals surface area contributed by atoms with Gasteiger partial charge in [0.25, 0.3) is 5.56 Å². The zero-order chi connectivity index (χ0) is 40.8. The van der Waals surface area contributed by atoms with Crippen LogP contribution in [0, 0.1) is 5.92 Å². The van der Waals surface area contributed by atoms with Crippen LogP contribution >= 0.6 is 0 Å². The number of likely N-dealkylation sites (tertiary alicyclic amines) is 1. The second-order valence-electron chi connectivity index (χ2n) is 16.6. The van der Waals surface area contributed by atoms with Gasteiger partial charge in [-0.05, 0) is 93.9 Å². The number of aromatic nitrogens is 5. The number of methoxy groups -OCH3 is 2. The van der Waals surface area contributed by atoms with Crippen molar-refractivity contribution in [1.82, 2.24) is 38.8 Å². The molecule has 15 heteroatoms. The number of fused-ring (bicyclic) bond motifs is 2. The maximum absolute atomic E-state index is 13.1. The van der Waals surface area contributed by atoms with Gasteiger partial charge in [-0.1, -0.05) is 6.58 Å². The van der Waals surface area contributed by atoms with Gasteiger partial charge in [-0.25, -0.2) is 9.78 Å². The molecule has 1 atom stereocenters. The molecule has 0 saturated carbocycles. The summed E-state index contributed by atoms with van der Waals surface area (Å²) >= 11 is 0. The first-order chi connectivity index (χ1) is 28.7. The van der Waals surface area contributed by atoms with Crippen LogP contribution in [0.5, 0.6) is 11.5 Å². The van der Waals surface area contributed by atoms with E-state index in [0.717, 1.165) is 130 Å². The van der Waals surface area contributed by atoms with E-state index in [-0.39, 0.29) is 17.2 Å². The summed E-state index contributed by atoms with van der Waals surface area (Å²) in [6.07, 6.45) is 11.2. The fraction of sp³-hybridized carbons (Fsp3) is 0.477. The van der Waals surface area contributed by atoms with Crippen LogP contribution in [0.15, 0.2) is 70.8 Å². The Kier molecular flexibility index (Phi) is 10.6. The summed E-state index contributed by atoms with van der Waals surface area (Å²) in [4.78, 5) is 53.1. The lowest BCUT2D eigenvalue weighted by Gasteiger charge is -2.37. The van der Waals surface area contributed by atoms with E-state index in [2.05, 4.69) is 53.7 Å². The third-order valence-corrected chi connectivity index (χ3v) is 13.0. The van der Waals surface area contributed by atoms with Gasteiger partial charge < -0.3 is 29.2 Å². The van der Waals surface area contributed by atoms with Crippen LogP contribution in [0.2, 0.25) is 0 Å². The number of aryl methyl sites for hydroxylation is 1. The summed E-state index contributed by atoms with van der Waals surface area (Å²) < 4.78 is 16.5. The number of amides is 1. The molecule has 4 aliphatic rings. The molecular weight excluding hydrogens is 749 g/mol. The summed E-state index contributed by atoms with van der Waals surface area (Å²) in [5.41, 5.74) is 4.82. The van der Waals surface area contributed by atoms with Gasteiger partial charge in [0.1, 0.15) is 23.4 Å². The minimum absolute atomic E-state index is 0.0654. The highest BCUT2D eigenvalue weighted by atomic mass is 16.5. The fourth-order valence-electron chi connectivity index (χ4n) is 9.22. The minimum atomic E-state index is -0.624. The third kappa shape index (κ3) is 7.57. The highest BCUT2D eigenvalue weighted by molar-refractivity contribution is 5.97. The number of piperidine rings is 2. The molecule has 15 nitrogen and oxygen atoms in total. The van der Waals surface area contributed by atoms with Crippen molar-refractivity contribution in [2.24, 2.45) is 13.0 Å². The van der Waals surface area contributed by atoms with Crippen molar-refractivity contribution in [3.63, 3.8) is 0 Å². The van der Waals surface area contributed by atoms with Gasteiger partial charge in [-0.3, -0.25) is 23.8 Å². The molecule has 0 aliphatic carbocycles. The molecule has 1 unspecified atom stereocenters. The van der Waals surface area contributed by atoms with Crippen LogP contribution in [0.3, 0.4) is 0 Å². The van der Waals surface area contributed by atoms with Crippen LogP contribution in [0.4, 0.5) is 11.5 Å². The Bertz CT molecular complexity index is 2500. The second kappa shape index (κ2) is 16.2. The number of anilines is 2. The Morgan fingerprint density at radius 1 is 0.864 bits per heavy atom. The number of allylic oxidation sites excluding steroid dienone is 1. The number of piperazine rings is 1. The fourth-order valence-corrected chi connectivity index (χ4v) is 9.22. The number of nitrogens with one attached hydrogen (secondary N) is 1. The van der Waals surface area contributed by atoms with E-state index < -0.39 is 6.04 Å². The first-order valence-corrected chi connectivity index (χ1v) is 21.0. The van der Waals surface area contributed by atoms with Crippen LogP contribution in [-0.2, 0) is 18.4 Å². The maximum Gasteiger partial charge on any atom is 0.351 e. The highest BCUT2D eigenvalue weighted by Gasteiger charge is 2.30. The van der Waals surface area contributed by atoms with Crippen molar-refractivity contribution >= 4 is 33.8 Å². The predicted octanol–water partition coefficient (Wildman–Crippen LogP) is 4.03. The molecule has 8 heterocycles. The SMILES string of the molecule is C=C1CCC(n2nc3cc(N4CCN(CCC5CCN(Cc6c(OC)cc(-c7cn(C)c(=O)c8cnc(N9CCC9)cc78)cc6OC)CC5)CC4)ccn3c2=O)C(=O)N1. The number of carbonyl (C=O) groups is 1. The van der Waals surface area contributed by atoms with Gasteiger partial charge in [-0.15, -0.1) is 5.10 Å². The van der Waals surface area contributed by atoms with Gasteiger partial charge in [0.2, 0.25) is 5.91 Å². The zero-order valence-electron chi connectivity index (χ0n) is 34.4. The molecule has 4 fully saturated rings. The summed E-state index contributed by atoms with van der Waals surface area (Å²) in [6, 6.07) is 9.52. The first-order valence-electron chi connectivity index (χ1n) is 21.0. The average Bonchev–Trinajstić information content (AvgIpc) is 3.56. The van der Waals surface area contributed by atoms with E-state index in [0.29, 0.717) is 35.5 Å². The van der Waals surface area contributed by atoms with Gasteiger partial charge in [0.05, 0.1) is 25.2 Å². The number of hydrogen-bond acceptors (Lipinski definition) is 11. The van der Waals surface area contributed by atoms with Crippen molar-refractivity contribution in [3.05, 3.63) is 87.6 Å². The van der Waals surface area contributed by atoms with E-state index >= 15 is 0 Å². The number of benzene rings is 1. The molecule has 1 N–H and O–H groups in total. The molecule has 0 radical (unpaired) electrons. The van der Waals surface area contributed by atoms with Crippen molar-refractivity contribution in [2.75, 3.05) is 82.9 Å². The van der Waals surface area contributed by atoms with Gasteiger partial charge in [-0.2, -0.15) is 4.68 Å². The van der Waals surface area contributed by atoms with Crippen LogP contribution < -0.4 is 35.8 Å². The number of pyridine rings is 3. The molecule has 4 aliphatic heterocycles. The van der Waals surface area contributed by atoms with Crippen molar-refractivity contribution in [3.8, 4) is 22.6 Å². The average molecular weight is 803 g/mol. The molecule has 1 amide bonds. The quantitative estimate of drug-likeness (QED) is 0.208. The van der Waals surface area contributed by atoms with Crippen molar-refractivity contribution in [1.29, 1.82) is 0 Å². The van der Waals surface area contributed by atoms with E-state index in [4.69, 9.17) is 9.47 Å². The number of ether oxygens (including phenoxy) is 2. The second-order valence-corrected chi connectivity index (χ2v) is 16.6. The van der Waals surface area contributed by atoms with E-state index in [1.165, 1.54) is 15.5 Å². The van der Waals surface area contributed by atoms with Crippen molar-refractivity contribution in [2.45, 2.75) is 51.1 Å². The van der Waals surface area contributed by atoms with Crippen LogP contribution in [-0.4, -0.2) is 113 Å². The van der Waals surface area contributed by atoms with E-state index in [1.807, 2.05) is 24.4 Å². The standard InChI is InChI=1S/C44H54N10O5/c1-29-6-7-37(42(55)46-29)54-44(57)53-17-11-32(24-41(53)47-54)51-20-18-49(19-21-51)14-8-30-9-15-50(16-10-30)28-36-38(58-3)22-31(23-39(36)59-4)35-27-48(2)43(56)34-26-45-40(25-33(34)35)52-12-5-13-52/h11,17,22-27,30,37H,1,5-10,12-16,18-21,28H2,2-4H3,(H,46,55). The van der Waals surface area contributed by atoms with Crippen LogP contribution in [0.1, 0.15) is 50.1 Å². The number of hydrogen-bond donors (Lipinski definition) is 1. The molecule has 4 aromatic heterocycles.